The summed E-state index contributed by atoms with van der Waals surface area (Å²) in [5.41, 5.74) is 2.56. The van der Waals surface area contributed by atoms with Gasteiger partial charge in [0.05, 0.1) is 7.11 Å². The molecule has 0 saturated carbocycles. The van der Waals surface area contributed by atoms with E-state index in [1.165, 1.54) is 6.07 Å². The number of hydrogen-bond acceptors (Lipinski definition) is 1. The van der Waals surface area contributed by atoms with Gasteiger partial charge in [-0.2, -0.15) is 0 Å². The fourth-order valence-electron chi connectivity index (χ4n) is 2.09. The van der Waals surface area contributed by atoms with Crippen LogP contribution in [0, 0.1) is 12.7 Å². The molecule has 1 nitrogen and oxygen atoms in total. The summed E-state index contributed by atoms with van der Waals surface area (Å²) in [5.74, 6) is 0.558. The molecule has 0 aliphatic carbocycles. The van der Waals surface area contributed by atoms with Gasteiger partial charge in [-0.05, 0) is 42.2 Å². The van der Waals surface area contributed by atoms with Crippen molar-refractivity contribution in [2.24, 2.45) is 0 Å². The molecule has 106 valence electrons. The summed E-state index contributed by atoms with van der Waals surface area (Å²) in [6.45, 7) is 1.73. The van der Waals surface area contributed by atoms with Crippen LogP contribution in [0.1, 0.15) is 21.5 Å². The minimum absolute atomic E-state index is 0.00519. The van der Waals surface area contributed by atoms with Crippen LogP contribution >= 0.6 is 27.5 Å². The molecule has 4 heteroatoms. The Kier molecular flexibility index (Phi) is 5.06. The summed E-state index contributed by atoms with van der Waals surface area (Å²) in [6.07, 6.45) is 0.717. The Bertz CT molecular complexity index is 615. The molecule has 0 fully saturated rings. The van der Waals surface area contributed by atoms with Gasteiger partial charge in [0.2, 0.25) is 0 Å². The van der Waals surface area contributed by atoms with Crippen LogP contribution in [-0.4, -0.2) is 7.11 Å². The third-order valence-corrected chi connectivity index (χ3v) is 4.35. The van der Waals surface area contributed by atoms with E-state index in [1.807, 2.05) is 24.3 Å². The van der Waals surface area contributed by atoms with Gasteiger partial charge < -0.3 is 4.74 Å². The van der Waals surface area contributed by atoms with E-state index >= 15 is 0 Å². The number of aryl methyl sites for hydroxylation is 1. The Balaban J connectivity index is 2.28. The number of hydrogen-bond donors (Lipinski definition) is 0. The highest BCUT2D eigenvalue weighted by Crippen LogP contribution is 2.35. The van der Waals surface area contributed by atoms with E-state index in [9.17, 15) is 4.39 Å². The van der Waals surface area contributed by atoms with E-state index in [2.05, 4.69) is 15.9 Å². The van der Waals surface area contributed by atoms with Gasteiger partial charge in [0, 0.05) is 9.85 Å². The van der Waals surface area contributed by atoms with Crippen molar-refractivity contribution in [2.45, 2.75) is 18.2 Å². The lowest BCUT2D eigenvalue weighted by Gasteiger charge is -2.15. The Hall–Kier alpha value is -1.06. The molecule has 0 aromatic heterocycles. The average Bonchev–Trinajstić information content (AvgIpc) is 2.43. The Labute approximate surface area is 131 Å². The second-order valence-corrected chi connectivity index (χ2v) is 6.12. The van der Waals surface area contributed by atoms with Crippen molar-refractivity contribution in [3.05, 3.63) is 63.9 Å². The first kappa shape index (κ1) is 15.3. The zero-order valence-corrected chi connectivity index (χ0v) is 13.6. The van der Waals surface area contributed by atoms with Crippen LogP contribution in [-0.2, 0) is 6.42 Å². The predicted octanol–water partition coefficient (Wildman–Crippen LogP) is 5.47. The van der Waals surface area contributed by atoms with E-state index in [0.29, 0.717) is 10.6 Å². The maximum absolute atomic E-state index is 13.4. The molecule has 0 radical (unpaired) electrons. The quantitative estimate of drug-likeness (QED) is 0.659. The highest BCUT2D eigenvalue weighted by molar-refractivity contribution is 9.09. The van der Waals surface area contributed by atoms with E-state index in [-0.39, 0.29) is 10.6 Å². The molecular formula is C16H15BrClFO. The molecule has 0 heterocycles. The smallest absolute Gasteiger partial charge is 0.127 e. The maximum atomic E-state index is 13.4. The number of alkyl halides is 1. The number of rotatable bonds is 4. The minimum atomic E-state index is -0.282. The van der Waals surface area contributed by atoms with Crippen LogP contribution in [0.2, 0.25) is 5.02 Å². The fraction of sp³-hybridized carbons (Fsp3) is 0.250. The molecule has 0 aliphatic rings. The van der Waals surface area contributed by atoms with Crippen LogP contribution < -0.4 is 4.74 Å². The highest BCUT2D eigenvalue weighted by atomic mass is 79.9. The van der Waals surface area contributed by atoms with Gasteiger partial charge in [-0.1, -0.05) is 51.8 Å². The maximum Gasteiger partial charge on any atom is 0.127 e. The third kappa shape index (κ3) is 3.33. The predicted molar refractivity (Wildman–Crippen MR) is 84.5 cm³/mol. The highest BCUT2D eigenvalue weighted by Gasteiger charge is 2.16. The number of halogens is 3. The molecule has 2 aromatic carbocycles. The molecule has 1 atom stereocenters. The summed E-state index contributed by atoms with van der Waals surface area (Å²) in [6, 6.07) is 11.0. The van der Waals surface area contributed by atoms with Crippen molar-refractivity contribution in [2.75, 3.05) is 7.11 Å². The molecule has 0 bridgehead atoms. The molecule has 1 unspecified atom stereocenters. The van der Waals surface area contributed by atoms with E-state index in [4.69, 9.17) is 16.3 Å². The van der Waals surface area contributed by atoms with Gasteiger partial charge >= 0.3 is 0 Å². The summed E-state index contributed by atoms with van der Waals surface area (Å²) >= 11 is 9.77. The lowest BCUT2D eigenvalue weighted by molar-refractivity contribution is 0.409. The monoisotopic (exact) mass is 356 g/mol. The molecule has 20 heavy (non-hydrogen) atoms. The molecule has 0 N–H and O–H groups in total. The first-order valence-electron chi connectivity index (χ1n) is 6.24. The normalized spacial score (nSPS) is 12.2. The van der Waals surface area contributed by atoms with Crippen molar-refractivity contribution in [3.63, 3.8) is 0 Å². The fourth-order valence-corrected chi connectivity index (χ4v) is 3.24. The van der Waals surface area contributed by atoms with Gasteiger partial charge in [-0.3, -0.25) is 0 Å². The summed E-state index contributed by atoms with van der Waals surface area (Å²) < 4.78 is 18.8. The SMILES string of the molecule is COc1ccccc1CC(Br)c1cc(C)c(F)cc1Cl. The largest absolute Gasteiger partial charge is 0.496 e. The Morgan fingerprint density at radius 1 is 1.30 bits per heavy atom. The Morgan fingerprint density at radius 2 is 2.00 bits per heavy atom. The number of benzene rings is 2. The Morgan fingerprint density at radius 3 is 2.70 bits per heavy atom. The molecule has 0 aliphatic heterocycles. The summed E-state index contributed by atoms with van der Waals surface area (Å²) in [4.78, 5) is 0.00519. The van der Waals surface area contributed by atoms with Crippen molar-refractivity contribution >= 4 is 27.5 Å². The van der Waals surface area contributed by atoms with Crippen molar-refractivity contribution < 1.29 is 9.13 Å². The van der Waals surface area contributed by atoms with Crippen LogP contribution in [0.25, 0.3) is 0 Å². The van der Waals surface area contributed by atoms with Crippen LogP contribution in [0.15, 0.2) is 36.4 Å². The van der Waals surface area contributed by atoms with Crippen molar-refractivity contribution in [1.82, 2.24) is 0 Å². The van der Waals surface area contributed by atoms with E-state index in [1.54, 1.807) is 20.1 Å². The summed E-state index contributed by atoms with van der Waals surface area (Å²) in [5, 5.41) is 0.435. The topological polar surface area (TPSA) is 9.23 Å². The van der Waals surface area contributed by atoms with Gasteiger partial charge in [-0.15, -0.1) is 0 Å². The molecule has 0 saturated heterocycles. The van der Waals surface area contributed by atoms with Crippen LogP contribution in [0.4, 0.5) is 4.39 Å². The average molecular weight is 358 g/mol. The standard InChI is InChI=1S/C16H15BrClFO/c1-10-7-12(14(18)9-15(10)19)13(17)8-11-5-3-4-6-16(11)20-2/h3-7,9,13H,8H2,1-2H3. The van der Waals surface area contributed by atoms with E-state index < -0.39 is 0 Å². The second-order valence-electron chi connectivity index (χ2n) is 4.61. The number of ether oxygens (including phenoxy) is 1. The van der Waals surface area contributed by atoms with Gasteiger partial charge in [0.1, 0.15) is 11.6 Å². The zero-order valence-electron chi connectivity index (χ0n) is 11.3. The second kappa shape index (κ2) is 6.59. The minimum Gasteiger partial charge on any atom is -0.496 e. The molecule has 0 spiro atoms. The third-order valence-electron chi connectivity index (χ3n) is 3.21. The lowest BCUT2D eigenvalue weighted by atomic mass is 10.0. The number of methoxy groups -OCH3 is 1. The first-order valence-corrected chi connectivity index (χ1v) is 7.53. The molecule has 0 amide bonds. The van der Waals surface area contributed by atoms with Crippen molar-refractivity contribution in [1.29, 1.82) is 0 Å². The lowest BCUT2D eigenvalue weighted by Crippen LogP contribution is -2.00. The zero-order chi connectivity index (χ0) is 14.7. The summed E-state index contributed by atoms with van der Waals surface area (Å²) in [7, 11) is 1.65. The van der Waals surface area contributed by atoms with Crippen LogP contribution in [0.3, 0.4) is 0 Å². The number of para-hydroxylation sites is 1. The van der Waals surface area contributed by atoms with Gasteiger partial charge in [0.15, 0.2) is 0 Å². The van der Waals surface area contributed by atoms with E-state index in [0.717, 1.165) is 23.3 Å². The van der Waals surface area contributed by atoms with Crippen molar-refractivity contribution in [3.8, 4) is 5.75 Å². The molecule has 2 rings (SSSR count). The molecule has 2 aromatic rings. The van der Waals surface area contributed by atoms with Gasteiger partial charge in [-0.25, -0.2) is 4.39 Å². The molecular weight excluding hydrogens is 343 g/mol. The first-order chi connectivity index (χ1) is 9.52. The van der Waals surface area contributed by atoms with Gasteiger partial charge in [0.25, 0.3) is 0 Å². The van der Waals surface area contributed by atoms with Crippen LogP contribution in [0.5, 0.6) is 5.75 Å².